The van der Waals surface area contributed by atoms with Crippen LogP contribution < -0.4 is 0 Å². The van der Waals surface area contributed by atoms with Crippen LogP contribution in [-0.2, 0) is 14.3 Å². The molecule has 4 atom stereocenters. The zero-order valence-corrected chi connectivity index (χ0v) is 14.9. The van der Waals surface area contributed by atoms with Crippen molar-refractivity contribution in [3.05, 3.63) is 41.5 Å². The van der Waals surface area contributed by atoms with Crippen LogP contribution in [0, 0.1) is 5.41 Å². The summed E-state index contributed by atoms with van der Waals surface area (Å²) in [5.41, 5.74) is 1.16. The van der Waals surface area contributed by atoms with Gasteiger partial charge in [0, 0.05) is 12.3 Å². The molecule has 1 heterocycles. The Hall–Kier alpha value is -1.65. The van der Waals surface area contributed by atoms with Crippen LogP contribution >= 0.6 is 0 Å². The second-order valence-corrected chi connectivity index (χ2v) is 7.50. The van der Waals surface area contributed by atoms with Gasteiger partial charge in [0.25, 0.3) is 0 Å². The molecule has 4 rings (SSSR count). The van der Waals surface area contributed by atoms with E-state index >= 15 is 0 Å². The number of hydrogen-bond donors (Lipinski definition) is 1. The van der Waals surface area contributed by atoms with Crippen molar-refractivity contribution in [2.45, 2.75) is 69.9 Å². The van der Waals surface area contributed by atoms with Gasteiger partial charge in [0.05, 0.1) is 6.10 Å². The number of carbonyl (C=O) groups is 1. The van der Waals surface area contributed by atoms with E-state index in [0.717, 1.165) is 30.4 Å². The summed E-state index contributed by atoms with van der Waals surface area (Å²) in [6.07, 6.45) is 7.03. The number of carbonyl (C=O) groups excluding carboxylic acids is 1. The fourth-order valence-electron chi connectivity index (χ4n) is 5.00. The summed E-state index contributed by atoms with van der Waals surface area (Å²) >= 11 is 0. The Balaban J connectivity index is 1.80. The van der Waals surface area contributed by atoms with Gasteiger partial charge in [-0.05, 0) is 36.8 Å². The molecular weight excluding hydrogens is 316 g/mol. The van der Waals surface area contributed by atoms with Crippen molar-refractivity contribution in [1.29, 1.82) is 0 Å². The first-order valence-electron chi connectivity index (χ1n) is 9.44. The summed E-state index contributed by atoms with van der Waals surface area (Å²) in [5, 5.41) is 11.3. The second-order valence-electron chi connectivity index (χ2n) is 7.50. The van der Waals surface area contributed by atoms with Gasteiger partial charge in [-0.1, -0.05) is 50.3 Å². The van der Waals surface area contributed by atoms with Gasteiger partial charge in [0.1, 0.15) is 11.5 Å². The number of ether oxygens (including phenoxy) is 2. The van der Waals surface area contributed by atoms with Crippen molar-refractivity contribution in [2.24, 2.45) is 5.41 Å². The maximum absolute atomic E-state index is 13.4. The topological polar surface area (TPSA) is 55.8 Å². The molecule has 4 heteroatoms. The number of esters is 1. The molecule has 0 bridgehead atoms. The third-order valence-electron chi connectivity index (χ3n) is 6.32. The molecule has 3 aliphatic rings. The van der Waals surface area contributed by atoms with Crippen molar-refractivity contribution in [2.75, 3.05) is 0 Å². The van der Waals surface area contributed by atoms with Crippen molar-refractivity contribution in [1.82, 2.24) is 0 Å². The minimum absolute atomic E-state index is 0.111. The van der Waals surface area contributed by atoms with Crippen molar-refractivity contribution in [3.63, 3.8) is 0 Å². The molecule has 0 spiro atoms. The number of hydrogen-bond acceptors (Lipinski definition) is 4. The fourth-order valence-corrected chi connectivity index (χ4v) is 5.00. The summed E-state index contributed by atoms with van der Waals surface area (Å²) in [6, 6.07) is 8.08. The lowest BCUT2D eigenvalue weighted by molar-refractivity contribution is -0.231. The number of rotatable bonds is 4. The van der Waals surface area contributed by atoms with Crippen LogP contribution in [0.4, 0.5) is 0 Å². The summed E-state index contributed by atoms with van der Waals surface area (Å²) in [7, 11) is 0. The Morgan fingerprint density at radius 3 is 2.84 bits per heavy atom. The van der Waals surface area contributed by atoms with E-state index in [2.05, 4.69) is 6.07 Å². The van der Waals surface area contributed by atoms with Gasteiger partial charge < -0.3 is 14.6 Å². The van der Waals surface area contributed by atoms with Crippen LogP contribution in [0.3, 0.4) is 0 Å². The van der Waals surface area contributed by atoms with E-state index in [0.29, 0.717) is 12.8 Å². The van der Waals surface area contributed by atoms with Crippen LogP contribution in [0.1, 0.15) is 63.0 Å². The monoisotopic (exact) mass is 342 g/mol. The smallest absolute Gasteiger partial charge is 0.318 e. The van der Waals surface area contributed by atoms with Gasteiger partial charge in [-0.15, -0.1) is 0 Å². The highest BCUT2D eigenvalue weighted by molar-refractivity contribution is 5.82. The van der Waals surface area contributed by atoms with Crippen molar-refractivity contribution < 1.29 is 19.4 Å². The average molecular weight is 342 g/mol. The molecular formula is C21H26O4. The highest BCUT2D eigenvalue weighted by Gasteiger charge is 2.72. The average Bonchev–Trinajstić information content (AvgIpc) is 3.08. The zero-order chi connectivity index (χ0) is 17.7. The first-order chi connectivity index (χ1) is 12.1. The van der Waals surface area contributed by atoms with Gasteiger partial charge in [-0.3, -0.25) is 4.79 Å². The summed E-state index contributed by atoms with van der Waals surface area (Å²) in [4.78, 5) is 13.4. The molecule has 1 saturated carbocycles. The van der Waals surface area contributed by atoms with Crippen LogP contribution in [0.25, 0.3) is 6.08 Å². The molecule has 25 heavy (non-hydrogen) atoms. The lowest BCUT2D eigenvalue weighted by Crippen LogP contribution is -2.50. The predicted octanol–water partition coefficient (Wildman–Crippen LogP) is 3.79. The standard InChI is InChI=1S/C21H26O4/c1-3-15(4-2)24-19(22)20-12-7-13-21(20,23)25-17-11-10-14-8-5-6-9-16(14)18(17)20/h5-6,8-11,15,17-18,23H,3-4,7,12-13H2,1-2H3/t17?,18?,20-,21-/m1/s1. The van der Waals surface area contributed by atoms with Gasteiger partial charge >= 0.3 is 5.97 Å². The Morgan fingerprint density at radius 2 is 2.08 bits per heavy atom. The first kappa shape index (κ1) is 16.8. The molecule has 0 radical (unpaired) electrons. The molecule has 1 N–H and O–H groups in total. The number of fused-ring (bicyclic) bond motifs is 5. The summed E-state index contributed by atoms with van der Waals surface area (Å²) in [5.74, 6) is -1.92. The van der Waals surface area contributed by atoms with E-state index < -0.39 is 11.2 Å². The number of aliphatic hydroxyl groups is 1. The SMILES string of the molecule is CCC(CC)OC(=O)[C@]12CCC[C@@]1(O)OC1C=Cc3ccccc3C12. The summed E-state index contributed by atoms with van der Waals surface area (Å²) in [6.45, 7) is 4.04. The molecule has 2 unspecified atom stereocenters. The maximum atomic E-state index is 13.4. The Labute approximate surface area is 148 Å². The summed E-state index contributed by atoms with van der Waals surface area (Å²) < 4.78 is 11.9. The molecule has 1 saturated heterocycles. The van der Waals surface area contributed by atoms with E-state index in [4.69, 9.17) is 9.47 Å². The molecule has 1 aliphatic heterocycles. The molecule has 134 valence electrons. The van der Waals surface area contributed by atoms with Crippen LogP contribution in [-0.4, -0.2) is 29.1 Å². The molecule has 0 aromatic heterocycles. The van der Waals surface area contributed by atoms with E-state index in [-0.39, 0.29) is 24.1 Å². The van der Waals surface area contributed by atoms with Gasteiger partial charge in [-0.25, -0.2) is 0 Å². The van der Waals surface area contributed by atoms with E-state index in [1.165, 1.54) is 0 Å². The van der Waals surface area contributed by atoms with Crippen molar-refractivity contribution in [3.8, 4) is 0 Å². The quantitative estimate of drug-likeness (QED) is 0.846. The predicted molar refractivity (Wildman–Crippen MR) is 94.8 cm³/mol. The molecule has 1 aromatic rings. The normalized spacial score (nSPS) is 35.4. The molecule has 2 aliphatic carbocycles. The van der Waals surface area contributed by atoms with Crippen LogP contribution in [0.2, 0.25) is 0 Å². The Morgan fingerprint density at radius 1 is 1.32 bits per heavy atom. The van der Waals surface area contributed by atoms with Crippen LogP contribution in [0.5, 0.6) is 0 Å². The van der Waals surface area contributed by atoms with E-state index in [1.54, 1.807) is 0 Å². The van der Waals surface area contributed by atoms with Gasteiger partial charge in [0.2, 0.25) is 0 Å². The minimum atomic E-state index is -1.44. The number of benzene rings is 1. The second kappa shape index (κ2) is 5.96. The third kappa shape index (κ3) is 2.24. The van der Waals surface area contributed by atoms with Gasteiger partial charge in [0.15, 0.2) is 5.79 Å². The molecule has 0 amide bonds. The van der Waals surface area contributed by atoms with E-state index in [1.807, 2.05) is 44.2 Å². The van der Waals surface area contributed by atoms with E-state index in [9.17, 15) is 9.90 Å². The molecule has 2 fully saturated rings. The Kier molecular flexibility index (Phi) is 4.00. The fraction of sp³-hybridized carbons (Fsp3) is 0.571. The lowest BCUT2D eigenvalue weighted by Gasteiger charge is -2.38. The molecule has 4 nitrogen and oxygen atoms in total. The highest BCUT2D eigenvalue weighted by Crippen LogP contribution is 2.64. The Bertz CT molecular complexity index is 708. The minimum Gasteiger partial charge on any atom is -0.462 e. The zero-order valence-electron chi connectivity index (χ0n) is 14.9. The largest absolute Gasteiger partial charge is 0.462 e. The highest BCUT2D eigenvalue weighted by atomic mass is 16.6. The first-order valence-corrected chi connectivity index (χ1v) is 9.44. The third-order valence-corrected chi connectivity index (χ3v) is 6.32. The molecule has 1 aromatic carbocycles. The van der Waals surface area contributed by atoms with Crippen LogP contribution in [0.15, 0.2) is 30.3 Å². The van der Waals surface area contributed by atoms with Gasteiger partial charge in [-0.2, -0.15) is 0 Å². The lowest BCUT2D eigenvalue weighted by atomic mass is 9.65. The maximum Gasteiger partial charge on any atom is 0.318 e. The van der Waals surface area contributed by atoms with Crippen molar-refractivity contribution >= 4 is 12.0 Å².